The van der Waals surface area contributed by atoms with Crippen molar-refractivity contribution in [3.05, 3.63) is 46.8 Å². The summed E-state index contributed by atoms with van der Waals surface area (Å²) in [5, 5.41) is 3.88. The molecule has 0 radical (unpaired) electrons. The van der Waals surface area contributed by atoms with Gasteiger partial charge in [-0.25, -0.2) is 4.79 Å². The number of hydrogen-bond acceptors (Lipinski definition) is 5. The number of imidazole rings is 1. The molecule has 19 heavy (non-hydrogen) atoms. The summed E-state index contributed by atoms with van der Waals surface area (Å²) in [6.07, 6.45) is 1.60. The summed E-state index contributed by atoms with van der Waals surface area (Å²) in [5.74, 6) is 0.811. The van der Waals surface area contributed by atoms with Gasteiger partial charge in [0.1, 0.15) is 0 Å². The average molecular weight is 257 g/mol. The molecule has 0 aliphatic carbocycles. The van der Waals surface area contributed by atoms with Crippen LogP contribution in [0.4, 0.5) is 0 Å². The van der Waals surface area contributed by atoms with Crippen molar-refractivity contribution in [3.8, 4) is 22.6 Å². The zero-order valence-electron chi connectivity index (χ0n) is 9.88. The molecule has 0 fully saturated rings. The molecule has 2 aromatic heterocycles. The van der Waals surface area contributed by atoms with E-state index in [1.54, 1.807) is 6.20 Å². The molecular formula is C12H11N5O2. The molecule has 7 heteroatoms. The molecule has 0 bridgehead atoms. The van der Waals surface area contributed by atoms with Crippen LogP contribution in [0.15, 0.2) is 39.8 Å². The van der Waals surface area contributed by atoms with E-state index in [2.05, 4.69) is 20.1 Å². The third-order valence-electron chi connectivity index (χ3n) is 2.70. The monoisotopic (exact) mass is 257 g/mol. The summed E-state index contributed by atoms with van der Waals surface area (Å²) in [6.45, 7) is 0.191. The lowest BCUT2D eigenvalue weighted by molar-refractivity contribution is 0.380. The second-order valence-electron chi connectivity index (χ2n) is 3.92. The number of nitrogens with one attached hydrogen (secondary N) is 2. The molecule has 3 aromatic rings. The molecule has 0 atom stereocenters. The van der Waals surface area contributed by atoms with E-state index >= 15 is 0 Å². The highest BCUT2D eigenvalue weighted by atomic mass is 16.5. The number of benzene rings is 1. The van der Waals surface area contributed by atoms with Crippen LogP contribution >= 0.6 is 0 Å². The lowest BCUT2D eigenvalue weighted by Gasteiger charge is -2.02. The molecule has 0 amide bonds. The lowest BCUT2D eigenvalue weighted by Crippen LogP contribution is -2.00. The maximum atomic E-state index is 11.2. The van der Waals surface area contributed by atoms with E-state index in [1.165, 1.54) is 0 Å². The van der Waals surface area contributed by atoms with E-state index in [1.807, 2.05) is 24.3 Å². The van der Waals surface area contributed by atoms with Gasteiger partial charge in [-0.05, 0) is 0 Å². The molecular weight excluding hydrogens is 246 g/mol. The highest BCUT2D eigenvalue weighted by Gasteiger charge is 2.13. The number of nitrogens with two attached hydrogens (primary N) is 1. The second-order valence-corrected chi connectivity index (χ2v) is 3.92. The maximum absolute atomic E-state index is 11.2. The van der Waals surface area contributed by atoms with Gasteiger partial charge in [-0.15, -0.1) is 0 Å². The van der Waals surface area contributed by atoms with Crippen LogP contribution in [0.1, 0.15) is 5.89 Å². The summed E-state index contributed by atoms with van der Waals surface area (Å²) < 4.78 is 5.00. The first kappa shape index (κ1) is 11.4. The number of H-pyrrole nitrogens is 2. The van der Waals surface area contributed by atoms with E-state index in [0.29, 0.717) is 17.4 Å². The topological polar surface area (TPSA) is 114 Å². The summed E-state index contributed by atoms with van der Waals surface area (Å²) in [6, 6.07) is 7.45. The molecule has 96 valence electrons. The first-order valence-corrected chi connectivity index (χ1v) is 5.68. The van der Waals surface area contributed by atoms with Crippen LogP contribution < -0.4 is 11.4 Å². The van der Waals surface area contributed by atoms with Gasteiger partial charge < -0.3 is 20.2 Å². The minimum atomic E-state index is -0.263. The molecule has 0 unspecified atom stereocenters. The smallest absolute Gasteiger partial charge is 0.323 e. The summed E-state index contributed by atoms with van der Waals surface area (Å²) in [7, 11) is 0. The first-order valence-electron chi connectivity index (χ1n) is 5.68. The van der Waals surface area contributed by atoms with E-state index in [-0.39, 0.29) is 12.2 Å². The van der Waals surface area contributed by atoms with E-state index in [4.69, 9.17) is 10.3 Å². The highest BCUT2D eigenvalue weighted by molar-refractivity contribution is 5.78. The summed E-state index contributed by atoms with van der Waals surface area (Å²) in [5.41, 5.74) is 7.42. The van der Waals surface area contributed by atoms with E-state index in [9.17, 15) is 4.79 Å². The minimum absolute atomic E-state index is 0.191. The van der Waals surface area contributed by atoms with Crippen molar-refractivity contribution in [1.29, 1.82) is 0 Å². The Kier molecular flexibility index (Phi) is 2.73. The largest absolute Gasteiger partial charge is 0.338 e. The van der Waals surface area contributed by atoms with Crippen molar-refractivity contribution in [2.45, 2.75) is 6.54 Å². The third-order valence-corrected chi connectivity index (χ3v) is 2.70. The number of rotatable bonds is 3. The third kappa shape index (κ3) is 2.06. The van der Waals surface area contributed by atoms with E-state index in [0.717, 1.165) is 11.1 Å². The predicted molar refractivity (Wildman–Crippen MR) is 68.0 cm³/mol. The number of hydrogen-bond donors (Lipinski definition) is 3. The Morgan fingerprint density at radius 3 is 2.68 bits per heavy atom. The normalized spacial score (nSPS) is 10.8. The highest BCUT2D eigenvalue weighted by Crippen LogP contribution is 2.28. The molecule has 0 aliphatic rings. The minimum Gasteiger partial charge on any atom is -0.338 e. The van der Waals surface area contributed by atoms with Crippen LogP contribution in [0.25, 0.3) is 22.6 Å². The van der Waals surface area contributed by atoms with Crippen molar-refractivity contribution in [2.75, 3.05) is 0 Å². The van der Waals surface area contributed by atoms with Gasteiger partial charge in [-0.3, -0.25) is 0 Å². The van der Waals surface area contributed by atoms with E-state index < -0.39 is 0 Å². The Labute approximate surface area is 107 Å². The lowest BCUT2D eigenvalue weighted by atomic mass is 10.0. The zero-order valence-corrected chi connectivity index (χ0v) is 9.88. The molecule has 1 aromatic carbocycles. The number of aromatic amines is 2. The molecule has 2 heterocycles. The van der Waals surface area contributed by atoms with Crippen molar-refractivity contribution in [3.63, 3.8) is 0 Å². The van der Waals surface area contributed by atoms with Crippen molar-refractivity contribution >= 4 is 0 Å². The molecule has 0 saturated heterocycles. The first-order chi connectivity index (χ1) is 9.28. The molecule has 3 rings (SSSR count). The van der Waals surface area contributed by atoms with Gasteiger partial charge in [-0.1, -0.05) is 29.4 Å². The Morgan fingerprint density at radius 2 is 2.05 bits per heavy atom. The Hall–Kier alpha value is -2.67. The van der Waals surface area contributed by atoms with Gasteiger partial charge in [0.2, 0.25) is 11.7 Å². The molecule has 4 N–H and O–H groups in total. The van der Waals surface area contributed by atoms with Gasteiger partial charge >= 0.3 is 5.69 Å². The van der Waals surface area contributed by atoms with Crippen LogP contribution in [0.3, 0.4) is 0 Å². The molecule has 7 nitrogen and oxygen atoms in total. The Bertz CT molecular complexity index is 755. The van der Waals surface area contributed by atoms with Crippen LogP contribution in [-0.4, -0.2) is 20.1 Å². The quantitative estimate of drug-likeness (QED) is 0.644. The summed E-state index contributed by atoms with van der Waals surface area (Å²) >= 11 is 0. The van der Waals surface area contributed by atoms with Crippen molar-refractivity contribution in [2.24, 2.45) is 5.73 Å². The summed E-state index contributed by atoms with van der Waals surface area (Å²) in [4.78, 5) is 20.6. The average Bonchev–Trinajstić information content (AvgIpc) is 3.07. The number of nitrogens with zero attached hydrogens (tertiary/aromatic N) is 2. The molecule has 0 spiro atoms. The number of aromatic nitrogens is 4. The van der Waals surface area contributed by atoms with Gasteiger partial charge in [0.25, 0.3) is 0 Å². The van der Waals surface area contributed by atoms with Gasteiger partial charge in [0, 0.05) is 17.3 Å². The molecule has 0 aliphatic heterocycles. The SMILES string of the molecule is NCc1nc(-c2ccccc2-c2c[nH]c(=O)[nH]2)no1. The van der Waals surface area contributed by atoms with Gasteiger partial charge in [-0.2, -0.15) is 4.98 Å². The fourth-order valence-corrected chi connectivity index (χ4v) is 1.84. The van der Waals surface area contributed by atoms with Crippen LogP contribution in [0, 0.1) is 0 Å². The van der Waals surface area contributed by atoms with Crippen molar-refractivity contribution in [1.82, 2.24) is 20.1 Å². The van der Waals surface area contributed by atoms with Crippen LogP contribution in [0.2, 0.25) is 0 Å². The zero-order chi connectivity index (χ0) is 13.2. The van der Waals surface area contributed by atoms with Gasteiger partial charge in [0.05, 0.1) is 12.2 Å². The van der Waals surface area contributed by atoms with Crippen LogP contribution in [-0.2, 0) is 6.54 Å². The fourth-order valence-electron chi connectivity index (χ4n) is 1.84. The van der Waals surface area contributed by atoms with Gasteiger partial charge in [0.15, 0.2) is 0 Å². The maximum Gasteiger partial charge on any atom is 0.323 e. The molecule has 0 saturated carbocycles. The Morgan fingerprint density at radius 1 is 1.26 bits per heavy atom. The van der Waals surface area contributed by atoms with Crippen molar-refractivity contribution < 1.29 is 4.52 Å². The Balaban J connectivity index is 2.14. The second kappa shape index (κ2) is 4.54. The predicted octanol–water partition coefficient (Wildman–Crippen LogP) is 0.879. The van der Waals surface area contributed by atoms with Crippen LogP contribution in [0.5, 0.6) is 0 Å². The standard InChI is InChI=1S/C12H11N5O2/c13-5-10-16-11(17-19-10)8-4-2-1-3-7(8)9-6-14-12(18)15-9/h1-4,6H,5,13H2,(H2,14,15,18). The fraction of sp³-hybridized carbons (Fsp3) is 0.0833.